The maximum Gasteiger partial charge on any atom is 0.224 e. The van der Waals surface area contributed by atoms with Crippen molar-refractivity contribution in [2.75, 3.05) is 25.0 Å². The number of aliphatic hydroxyl groups excluding tert-OH is 1. The number of fused-ring (bicyclic) bond motifs is 1. The number of amides is 1. The SMILES string of the molecule is CCNCC(O)COc1cncc2c1CCC(=O)N2. The molecule has 1 aliphatic heterocycles. The first-order chi connectivity index (χ1) is 9.20. The minimum absolute atomic E-state index is 0.00127. The van der Waals surface area contributed by atoms with Gasteiger partial charge in [0, 0.05) is 18.5 Å². The molecule has 2 rings (SSSR count). The standard InChI is InChI=1S/C13H19N3O3/c1-2-14-5-9(17)8-19-12-7-15-6-11-10(12)3-4-13(18)16-11/h6-7,9,14,17H,2-5,8H2,1H3,(H,16,18). The summed E-state index contributed by atoms with van der Waals surface area (Å²) in [5.74, 6) is 0.631. The Hall–Kier alpha value is -1.66. The van der Waals surface area contributed by atoms with E-state index in [2.05, 4.69) is 15.6 Å². The van der Waals surface area contributed by atoms with Gasteiger partial charge in [0.25, 0.3) is 0 Å². The van der Waals surface area contributed by atoms with Gasteiger partial charge in [-0.25, -0.2) is 0 Å². The van der Waals surface area contributed by atoms with Crippen LogP contribution in [-0.4, -0.2) is 41.8 Å². The number of pyridine rings is 1. The van der Waals surface area contributed by atoms with E-state index in [9.17, 15) is 9.90 Å². The van der Waals surface area contributed by atoms with Gasteiger partial charge in [-0.1, -0.05) is 6.92 Å². The number of aliphatic hydroxyl groups is 1. The summed E-state index contributed by atoms with van der Waals surface area (Å²) >= 11 is 0. The first kappa shape index (κ1) is 13.8. The van der Waals surface area contributed by atoms with Gasteiger partial charge in [0.05, 0.1) is 18.1 Å². The minimum Gasteiger partial charge on any atom is -0.489 e. The lowest BCUT2D eigenvalue weighted by molar-refractivity contribution is -0.116. The second-order valence-electron chi connectivity index (χ2n) is 4.48. The lowest BCUT2D eigenvalue weighted by atomic mass is 10.0. The van der Waals surface area contributed by atoms with E-state index in [4.69, 9.17) is 4.74 Å². The third kappa shape index (κ3) is 3.65. The van der Waals surface area contributed by atoms with Crippen molar-refractivity contribution in [3.8, 4) is 5.75 Å². The number of hydrogen-bond donors (Lipinski definition) is 3. The van der Waals surface area contributed by atoms with Crippen molar-refractivity contribution in [1.82, 2.24) is 10.3 Å². The molecule has 1 aliphatic rings. The smallest absolute Gasteiger partial charge is 0.224 e. The molecule has 1 atom stereocenters. The Morgan fingerprint density at radius 2 is 2.37 bits per heavy atom. The molecule has 1 unspecified atom stereocenters. The zero-order valence-electron chi connectivity index (χ0n) is 11.0. The first-order valence-electron chi connectivity index (χ1n) is 6.49. The summed E-state index contributed by atoms with van der Waals surface area (Å²) < 4.78 is 5.59. The first-order valence-corrected chi connectivity index (χ1v) is 6.49. The van der Waals surface area contributed by atoms with Crippen LogP contribution in [0, 0.1) is 0 Å². The molecule has 6 heteroatoms. The molecule has 0 radical (unpaired) electrons. The molecular weight excluding hydrogens is 246 g/mol. The molecule has 19 heavy (non-hydrogen) atoms. The maximum atomic E-state index is 11.3. The maximum absolute atomic E-state index is 11.3. The minimum atomic E-state index is -0.561. The number of hydrogen-bond acceptors (Lipinski definition) is 5. The van der Waals surface area contributed by atoms with E-state index < -0.39 is 6.10 Å². The largest absolute Gasteiger partial charge is 0.489 e. The average Bonchev–Trinajstić information content (AvgIpc) is 2.42. The van der Waals surface area contributed by atoms with Crippen LogP contribution in [0.4, 0.5) is 5.69 Å². The zero-order valence-corrected chi connectivity index (χ0v) is 11.0. The Balaban J connectivity index is 1.97. The van der Waals surface area contributed by atoms with Crippen LogP contribution in [0.2, 0.25) is 0 Å². The van der Waals surface area contributed by atoms with Crippen molar-refractivity contribution >= 4 is 11.6 Å². The van der Waals surface area contributed by atoms with Gasteiger partial charge in [-0.15, -0.1) is 0 Å². The Labute approximate surface area is 112 Å². The zero-order chi connectivity index (χ0) is 13.7. The van der Waals surface area contributed by atoms with Gasteiger partial charge in [0.2, 0.25) is 5.91 Å². The molecule has 0 aliphatic carbocycles. The van der Waals surface area contributed by atoms with E-state index in [-0.39, 0.29) is 12.5 Å². The highest BCUT2D eigenvalue weighted by atomic mass is 16.5. The molecule has 2 heterocycles. The summed E-state index contributed by atoms with van der Waals surface area (Å²) in [6.45, 7) is 3.49. The van der Waals surface area contributed by atoms with Crippen molar-refractivity contribution in [2.24, 2.45) is 0 Å². The number of nitrogens with zero attached hydrogens (tertiary/aromatic N) is 1. The van der Waals surface area contributed by atoms with Crippen molar-refractivity contribution in [3.05, 3.63) is 18.0 Å². The third-order valence-corrected chi connectivity index (χ3v) is 2.96. The predicted octanol–water partition coefficient (Wildman–Crippen LogP) is 0.315. The molecule has 0 aromatic carbocycles. The summed E-state index contributed by atoms with van der Waals surface area (Å²) in [5.41, 5.74) is 1.65. The topological polar surface area (TPSA) is 83.5 Å². The highest BCUT2D eigenvalue weighted by Crippen LogP contribution is 2.29. The van der Waals surface area contributed by atoms with Crippen LogP contribution in [0.25, 0.3) is 0 Å². The second kappa shape index (κ2) is 6.49. The van der Waals surface area contributed by atoms with E-state index in [1.54, 1.807) is 12.4 Å². The van der Waals surface area contributed by atoms with Crippen LogP contribution in [0.1, 0.15) is 18.9 Å². The van der Waals surface area contributed by atoms with Gasteiger partial charge in [-0.3, -0.25) is 9.78 Å². The van der Waals surface area contributed by atoms with Gasteiger partial charge in [-0.2, -0.15) is 0 Å². The van der Waals surface area contributed by atoms with Gasteiger partial charge in [0.1, 0.15) is 18.5 Å². The van der Waals surface area contributed by atoms with Crippen LogP contribution >= 0.6 is 0 Å². The highest BCUT2D eigenvalue weighted by Gasteiger charge is 2.19. The Morgan fingerprint density at radius 3 is 3.16 bits per heavy atom. The quantitative estimate of drug-likeness (QED) is 0.689. The van der Waals surface area contributed by atoms with Crippen LogP contribution < -0.4 is 15.4 Å². The van der Waals surface area contributed by atoms with Crippen LogP contribution in [0.5, 0.6) is 5.75 Å². The average molecular weight is 265 g/mol. The van der Waals surface area contributed by atoms with Gasteiger partial charge in [0.15, 0.2) is 0 Å². The molecule has 104 valence electrons. The van der Waals surface area contributed by atoms with Crippen molar-refractivity contribution in [2.45, 2.75) is 25.9 Å². The lowest BCUT2D eigenvalue weighted by Crippen LogP contribution is -2.31. The molecule has 3 N–H and O–H groups in total. The normalized spacial score (nSPS) is 15.6. The molecular formula is C13H19N3O3. The predicted molar refractivity (Wildman–Crippen MR) is 71.2 cm³/mol. The van der Waals surface area contributed by atoms with Crippen LogP contribution in [0.3, 0.4) is 0 Å². The molecule has 1 aromatic rings. The van der Waals surface area contributed by atoms with E-state index in [1.807, 2.05) is 6.92 Å². The molecule has 0 bridgehead atoms. The van der Waals surface area contributed by atoms with Gasteiger partial charge >= 0.3 is 0 Å². The molecule has 6 nitrogen and oxygen atoms in total. The number of nitrogens with one attached hydrogen (secondary N) is 2. The fourth-order valence-corrected chi connectivity index (χ4v) is 1.97. The summed E-state index contributed by atoms with van der Waals surface area (Å²) in [6, 6.07) is 0. The summed E-state index contributed by atoms with van der Waals surface area (Å²) in [6.07, 6.45) is 3.77. The number of aromatic nitrogens is 1. The van der Waals surface area contributed by atoms with Crippen molar-refractivity contribution < 1.29 is 14.6 Å². The molecule has 1 aromatic heterocycles. The van der Waals surface area contributed by atoms with Crippen molar-refractivity contribution in [3.63, 3.8) is 0 Å². The number of carbonyl (C=O) groups is 1. The van der Waals surface area contributed by atoms with E-state index in [0.29, 0.717) is 30.8 Å². The Morgan fingerprint density at radius 1 is 1.53 bits per heavy atom. The second-order valence-corrected chi connectivity index (χ2v) is 4.48. The highest BCUT2D eigenvalue weighted by molar-refractivity contribution is 5.94. The van der Waals surface area contributed by atoms with Gasteiger partial charge < -0.3 is 20.5 Å². The molecule has 0 saturated carbocycles. The third-order valence-electron chi connectivity index (χ3n) is 2.96. The number of ether oxygens (including phenoxy) is 1. The number of likely N-dealkylation sites (N-methyl/N-ethyl adjacent to an activating group) is 1. The van der Waals surface area contributed by atoms with Gasteiger partial charge in [-0.05, 0) is 13.0 Å². The molecule has 1 amide bonds. The van der Waals surface area contributed by atoms with E-state index in [0.717, 1.165) is 12.1 Å². The van der Waals surface area contributed by atoms with Crippen LogP contribution in [0.15, 0.2) is 12.4 Å². The summed E-state index contributed by atoms with van der Waals surface area (Å²) in [7, 11) is 0. The van der Waals surface area contributed by atoms with E-state index in [1.165, 1.54) is 0 Å². The number of carbonyl (C=O) groups excluding carboxylic acids is 1. The summed E-state index contributed by atoms with van der Waals surface area (Å²) in [5, 5.41) is 15.5. The monoisotopic (exact) mass is 265 g/mol. The molecule has 0 spiro atoms. The molecule has 0 saturated heterocycles. The Kier molecular flexibility index (Phi) is 4.70. The number of anilines is 1. The fraction of sp³-hybridized carbons (Fsp3) is 0.538. The van der Waals surface area contributed by atoms with Crippen LogP contribution in [-0.2, 0) is 11.2 Å². The Bertz CT molecular complexity index is 451. The fourth-order valence-electron chi connectivity index (χ4n) is 1.97. The molecule has 0 fully saturated rings. The number of rotatable bonds is 6. The summed E-state index contributed by atoms with van der Waals surface area (Å²) in [4.78, 5) is 15.3. The van der Waals surface area contributed by atoms with Crippen molar-refractivity contribution in [1.29, 1.82) is 0 Å². The van der Waals surface area contributed by atoms with E-state index >= 15 is 0 Å². The lowest BCUT2D eigenvalue weighted by Gasteiger charge is -2.20.